The number of allylic oxidation sites excluding steroid dienone is 1. The molecule has 41 heavy (non-hydrogen) atoms. The molecule has 1 aromatic carbocycles. The molecular weight excluding hydrogens is 532 g/mol. The van der Waals surface area contributed by atoms with Gasteiger partial charge in [0.2, 0.25) is 11.8 Å². The first kappa shape index (κ1) is 32.9. The van der Waals surface area contributed by atoms with Crippen LogP contribution in [0.1, 0.15) is 58.9 Å². The van der Waals surface area contributed by atoms with Crippen molar-refractivity contribution in [1.29, 1.82) is 0 Å². The highest BCUT2D eigenvalue weighted by atomic mass is 16.6. The first-order valence-electron chi connectivity index (χ1n) is 13.4. The van der Waals surface area contributed by atoms with Crippen LogP contribution in [-0.4, -0.2) is 61.1 Å². The summed E-state index contributed by atoms with van der Waals surface area (Å²) < 4.78 is 15.6. The van der Waals surface area contributed by atoms with Gasteiger partial charge in [0, 0.05) is 25.9 Å². The standard InChI is InChI=1S/C29H40N4O8/c1-19(34)31-24-17-20-11-13-22(14-12-20)40-16-8-9-21(18-25(35)39-5)32-26(36)23(33-27(24)37)10-6-7-15-30-28(38)41-29(2,3)4/h8,10-14,16,21,24H,6-7,9,15,17-18H2,1-5H3,(H,30,38)(H,31,34)(H,32,36)(H,33,37)/b16-8-,23-10+/t21-,24-/m0/s1. The Bertz CT molecular complexity index is 1140. The number of fused-ring (bicyclic) bond motifs is 12. The largest absolute Gasteiger partial charge is 0.469 e. The van der Waals surface area contributed by atoms with Crippen LogP contribution >= 0.6 is 0 Å². The summed E-state index contributed by atoms with van der Waals surface area (Å²) in [7, 11) is 1.25. The number of nitrogens with one attached hydrogen (secondary N) is 4. The summed E-state index contributed by atoms with van der Waals surface area (Å²) in [6.07, 6.45) is 5.17. The molecule has 2 heterocycles. The van der Waals surface area contributed by atoms with Crippen molar-refractivity contribution in [2.45, 2.75) is 77.5 Å². The van der Waals surface area contributed by atoms with Gasteiger partial charge in [0.25, 0.3) is 5.91 Å². The van der Waals surface area contributed by atoms with E-state index in [2.05, 4.69) is 21.3 Å². The average molecular weight is 573 g/mol. The number of hydrogen-bond acceptors (Lipinski definition) is 8. The van der Waals surface area contributed by atoms with Crippen molar-refractivity contribution in [3.05, 3.63) is 53.9 Å². The van der Waals surface area contributed by atoms with Crippen molar-refractivity contribution in [3.63, 3.8) is 0 Å². The number of unbranched alkanes of at least 4 members (excludes halogenated alkanes) is 1. The van der Waals surface area contributed by atoms with Gasteiger partial charge in [-0.05, 0) is 63.8 Å². The smallest absolute Gasteiger partial charge is 0.407 e. The van der Waals surface area contributed by atoms with Crippen molar-refractivity contribution < 1.29 is 38.2 Å². The second-order valence-electron chi connectivity index (χ2n) is 10.5. The second-order valence-corrected chi connectivity index (χ2v) is 10.5. The molecule has 2 aliphatic heterocycles. The number of hydrogen-bond donors (Lipinski definition) is 4. The Labute approximate surface area is 240 Å². The van der Waals surface area contributed by atoms with E-state index in [-0.39, 0.29) is 31.5 Å². The van der Waals surface area contributed by atoms with Crippen LogP contribution in [-0.2, 0) is 35.1 Å². The molecule has 3 rings (SSSR count). The van der Waals surface area contributed by atoms with Crippen molar-refractivity contribution in [1.82, 2.24) is 21.3 Å². The first-order valence-corrected chi connectivity index (χ1v) is 13.4. The zero-order valence-corrected chi connectivity index (χ0v) is 24.2. The molecule has 0 radical (unpaired) electrons. The zero-order valence-electron chi connectivity index (χ0n) is 24.2. The molecule has 2 bridgehead atoms. The number of benzene rings is 1. The summed E-state index contributed by atoms with van der Waals surface area (Å²) in [5, 5.41) is 10.7. The molecule has 2 aliphatic rings. The van der Waals surface area contributed by atoms with E-state index in [9.17, 15) is 24.0 Å². The molecule has 2 atom stereocenters. The number of alkyl carbamates (subject to hydrolysis) is 1. The molecule has 1 aromatic rings. The lowest BCUT2D eigenvalue weighted by Gasteiger charge is -2.21. The highest BCUT2D eigenvalue weighted by Crippen LogP contribution is 2.15. The van der Waals surface area contributed by atoms with E-state index < -0.39 is 47.5 Å². The van der Waals surface area contributed by atoms with Crippen molar-refractivity contribution in [2.75, 3.05) is 13.7 Å². The lowest BCUT2D eigenvalue weighted by Crippen LogP contribution is -2.49. The van der Waals surface area contributed by atoms with Crippen molar-refractivity contribution in [2.24, 2.45) is 0 Å². The third-order valence-electron chi connectivity index (χ3n) is 5.65. The number of rotatable bonds is 7. The molecule has 4 N–H and O–H groups in total. The van der Waals surface area contributed by atoms with Gasteiger partial charge in [-0.3, -0.25) is 19.2 Å². The Kier molecular flexibility index (Phi) is 12.9. The van der Waals surface area contributed by atoms with Gasteiger partial charge in [0.15, 0.2) is 0 Å². The Morgan fingerprint density at radius 2 is 1.85 bits per heavy atom. The van der Waals surface area contributed by atoms with Gasteiger partial charge in [-0.1, -0.05) is 18.2 Å². The van der Waals surface area contributed by atoms with Gasteiger partial charge in [-0.25, -0.2) is 4.79 Å². The van der Waals surface area contributed by atoms with Gasteiger partial charge in [0.1, 0.15) is 23.1 Å². The van der Waals surface area contributed by atoms with Crippen molar-refractivity contribution >= 4 is 29.8 Å². The Morgan fingerprint density at radius 3 is 2.49 bits per heavy atom. The normalized spacial score (nSPS) is 19.8. The Morgan fingerprint density at radius 1 is 1.15 bits per heavy atom. The number of carbonyl (C=O) groups is 5. The van der Waals surface area contributed by atoms with E-state index in [0.29, 0.717) is 18.6 Å². The molecule has 0 aliphatic carbocycles. The summed E-state index contributed by atoms with van der Waals surface area (Å²) >= 11 is 0. The van der Waals surface area contributed by atoms with Crippen LogP contribution in [0, 0.1) is 0 Å². The maximum absolute atomic E-state index is 13.3. The SMILES string of the molecule is COC(=O)C[C@@H]1C/C=C\Oc2ccc(cc2)C[C@H](NC(C)=O)C(=O)N/C(=C/CCCNC(=O)OC(C)(C)C)C(=O)N1. The minimum atomic E-state index is -0.969. The maximum atomic E-state index is 13.3. The Balaban J connectivity index is 2.29. The summed E-state index contributed by atoms with van der Waals surface area (Å²) in [6, 6.07) is 5.39. The predicted octanol–water partition coefficient (Wildman–Crippen LogP) is 2.38. The minimum absolute atomic E-state index is 0.0554. The molecule has 0 unspecified atom stereocenters. The molecule has 0 saturated carbocycles. The van der Waals surface area contributed by atoms with Crippen LogP contribution in [0.2, 0.25) is 0 Å². The van der Waals surface area contributed by atoms with Crippen molar-refractivity contribution in [3.8, 4) is 5.75 Å². The van der Waals surface area contributed by atoms with Gasteiger partial charge in [-0.2, -0.15) is 0 Å². The van der Waals surface area contributed by atoms with E-state index in [4.69, 9.17) is 14.2 Å². The van der Waals surface area contributed by atoms with Gasteiger partial charge in [0.05, 0.1) is 19.8 Å². The lowest BCUT2D eigenvalue weighted by atomic mass is 10.0. The van der Waals surface area contributed by atoms with Gasteiger partial charge >= 0.3 is 12.1 Å². The van der Waals surface area contributed by atoms with E-state index >= 15 is 0 Å². The van der Waals surface area contributed by atoms with E-state index in [1.807, 2.05) is 0 Å². The fourth-order valence-corrected chi connectivity index (χ4v) is 3.76. The third kappa shape index (κ3) is 13.0. The lowest BCUT2D eigenvalue weighted by molar-refractivity contribution is -0.141. The van der Waals surface area contributed by atoms with E-state index in [0.717, 1.165) is 5.56 Å². The maximum Gasteiger partial charge on any atom is 0.407 e. The molecule has 0 aromatic heterocycles. The minimum Gasteiger partial charge on any atom is -0.469 e. The van der Waals surface area contributed by atoms with Crippen LogP contribution in [0.5, 0.6) is 5.75 Å². The molecule has 0 spiro atoms. The molecule has 12 nitrogen and oxygen atoms in total. The number of methoxy groups -OCH3 is 1. The van der Waals surface area contributed by atoms with E-state index in [1.54, 1.807) is 51.1 Å². The molecular formula is C29H40N4O8. The van der Waals surface area contributed by atoms with E-state index in [1.165, 1.54) is 26.4 Å². The third-order valence-corrected chi connectivity index (χ3v) is 5.65. The quantitative estimate of drug-likeness (QED) is 0.220. The summed E-state index contributed by atoms with van der Waals surface area (Å²) in [4.78, 5) is 62.4. The zero-order chi connectivity index (χ0) is 30.4. The fraction of sp³-hybridized carbons (Fsp3) is 0.483. The number of amides is 4. The molecule has 12 heteroatoms. The predicted molar refractivity (Wildman–Crippen MR) is 150 cm³/mol. The number of carbonyl (C=O) groups excluding carboxylic acids is 5. The van der Waals surface area contributed by atoms with Gasteiger partial charge in [-0.15, -0.1) is 0 Å². The summed E-state index contributed by atoms with van der Waals surface area (Å²) in [5.74, 6) is -1.60. The van der Waals surface area contributed by atoms with Crippen LogP contribution in [0.3, 0.4) is 0 Å². The monoisotopic (exact) mass is 572 g/mol. The van der Waals surface area contributed by atoms with Crippen LogP contribution < -0.4 is 26.0 Å². The number of ether oxygens (including phenoxy) is 3. The van der Waals surface area contributed by atoms with Crippen LogP contribution in [0.4, 0.5) is 4.79 Å². The topological polar surface area (TPSA) is 161 Å². The van der Waals surface area contributed by atoms with Crippen LogP contribution in [0.25, 0.3) is 0 Å². The molecule has 0 fully saturated rings. The first-order chi connectivity index (χ1) is 19.4. The highest BCUT2D eigenvalue weighted by Gasteiger charge is 2.25. The highest BCUT2D eigenvalue weighted by molar-refractivity contribution is 5.99. The molecule has 0 saturated heterocycles. The average Bonchev–Trinajstić information content (AvgIpc) is 2.88. The second kappa shape index (κ2) is 16.0. The van der Waals surface area contributed by atoms with Gasteiger partial charge < -0.3 is 35.5 Å². The summed E-state index contributed by atoms with van der Waals surface area (Å²) in [5.41, 5.74) is 0.0796. The number of esters is 1. The Hall–Kier alpha value is -4.35. The summed E-state index contributed by atoms with van der Waals surface area (Å²) in [6.45, 7) is 6.85. The van der Waals surface area contributed by atoms with Crippen LogP contribution in [0.15, 0.2) is 48.4 Å². The fourth-order valence-electron chi connectivity index (χ4n) is 3.76. The molecule has 224 valence electrons. The molecule has 4 amide bonds.